The molecular weight excluding hydrogens is 280 g/mol. The molecule has 1 unspecified atom stereocenters. The molecule has 0 bridgehead atoms. The van der Waals surface area contributed by atoms with Gasteiger partial charge < -0.3 is 21.3 Å². The van der Waals surface area contributed by atoms with Gasteiger partial charge in [0.1, 0.15) is 0 Å². The first-order valence-electron chi connectivity index (χ1n) is 7.74. The largest absolute Gasteiger partial charge is 0.348 e. The zero-order valence-corrected chi connectivity index (χ0v) is 13.1. The quantitative estimate of drug-likeness (QED) is 0.683. The van der Waals surface area contributed by atoms with Crippen molar-refractivity contribution in [1.29, 1.82) is 0 Å². The molecule has 0 spiro atoms. The molecule has 0 saturated carbocycles. The van der Waals surface area contributed by atoms with Gasteiger partial charge in [0.15, 0.2) is 0 Å². The van der Waals surface area contributed by atoms with Crippen molar-refractivity contribution >= 4 is 17.6 Å². The van der Waals surface area contributed by atoms with Crippen LogP contribution in [0.5, 0.6) is 0 Å². The molecule has 1 atom stereocenters. The minimum atomic E-state index is -0.274. The fourth-order valence-electron chi connectivity index (χ4n) is 2.41. The molecule has 0 aromatic heterocycles. The molecule has 22 heavy (non-hydrogen) atoms. The fourth-order valence-corrected chi connectivity index (χ4v) is 2.41. The van der Waals surface area contributed by atoms with Gasteiger partial charge in [0, 0.05) is 29.9 Å². The van der Waals surface area contributed by atoms with Gasteiger partial charge in [-0.25, -0.2) is 4.79 Å². The summed E-state index contributed by atoms with van der Waals surface area (Å²) in [6, 6.07) is 6.91. The third-order valence-corrected chi connectivity index (χ3v) is 3.43. The molecule has 1 aliphatic heterocycles. The van der Waals surface area contributed by atoms with E-state index in [-0.39, 0.29) is 24.0 Å². The molecule has 4 N–H and O–H groups in total. The lowest BCUT2D eigenvalue weighted by Gasteiger charge is -2.23. The van der Waals surface area contributed by atoms with Crippen molar-refractivity contribution in [2.75, 3.05) is 18.4 Å². The summed E-state index contributed by atoms with van der Waals surface area (Å²) in [6.45, 7) is 5.60. The topological polar surface area (TPSA) is 82.3 Å². The predicted octanol–water partition coefficient (Wildman–Crippen LogP) is 1.70. The second-order valence-electron chi connectivity index (χ2n) is 5.85. The van der Waals surface area contributed by atoms with E-state index in [9.17, 15) is 9.59 Å². The molecule has 0 aliphatic carbocycles. The molecule has 1 saturated heterocycles. The maximum absolute atomic E-state index is 12.3. The summed E-state index contributed by atoms with van der Waals surface area (Å²) in [5.41, 5.74) is 1.15. The van der Waals surface area contributed by atoms with Crippen molar-refractivity contribution in [2.24, 2.45) is 0 Å². The fraction of sp³-hybridized carbons (Fsp3) is 0.500. The molecule has 6 heteroatoms. The van der Waals surface area contributed by atoms with E-state index in [0.29, 0.717) is 11.3 Å². The van der Waals surface area contributed by atoms with E-state index in [4.69, 9.17) is 0 Å². The highest BCUT2D eigenvalue weighted by Gasteiger charge is 2.16. The number of nitrogens with one attached hydrogen (secondary N) is 4. The Morgan fingerprint density at radius 3 is 2.82 bits per heavy atom. The number of anilines is 1. The van der Waals surface area contributed by atoms with Gasteiger partial charge in [-0.1, -0.05) is 6.07 Å². The lowest BCUT2D eigenvalue weighted by molar-refractivity contribution is 0.0930. The first-order valence-corrected chi connectivity index (χ1v) is 7.74. The third kappa shape index (κ3) is 5.04. The van der Waals surface area contributed by atoms with Crippen LogP contribution in [0.25, 0.3) is 0 Å². The smallest absolute Gasteiger partial charge is 0.319 e. The highest BCUT2D eigenvalue weighted by molar-refractivity contribution is 5.97. The number of piperidine rings is 1. The Balaban J connectivity index is 1.95. The lowest BCUT2D eigenvalue weighted by Crippen LogP contribution is -2.45. The highest BCUT2D eigenvalue weighted by Crippen LogP contribution is 2.11. The van der Waals surface area contributed by atoms with Gasteiger partial charge in [0.25, 0.3) is 5.91 Å². The number of hydrogen-bond acceptors (Lipinski definition) is 3. The van der Waals surface area contributed by atoms with Gasteiger partial charge in [0.2, 0.25) is 0 Å². The highest BCUT2D eigenvalue weighted by atomic mass is 16.2. The standard InChI is InChI=1S/C16H24N4O2/c1-11(2)18-16(22)20-13-6-3-5-12(9-13)15(21)19-14-7-4-8-17-10-14/h3,5-6,9,11,14,17H,4,7-8,10H2,1-2H3,(H,19,21)(H2,18,20,22). The zero-order chi connectivity index (χ0) is 15.9. The number of urea groups is 1. The maximum Gasteiger partial charge on any atom is 0.319 e. The second kappa shape index (κ2) is 7.79. The maximum atomic E-state index is 12.3. The Kier molecular flexibility index (Phi) is 5.77. The van der Waals surface area contributed by atoms with Crippen molar-refractivity contribution in [1.82, 2.24) is 16.0 Å². The van der Waals surface area contributed by atoms with Crippen molar-refractivity contribution in [3.05, 3.63) is 29.8 Å². The third-order valence-electron chi connectivity index (χ3n) is 3.43. The van der Waals surface area contributed by atoms with Crippen LogP contribution in [0.2, 0.25) is 0 Å². The first-order chi connectivity index (χ1) is 10.5. The number of benzene rings is 1. The van der Waals surface area contributed by atoms with E-state index in [0.717, 1.165) is 25.9 Å². The van der Waals surface area contributed by atoms with E-state index in [1.54, 1.807) is 24.3 Å². The Labute approximate surface area is 131 Å². The van der Waals surface area contributed by atoms with Gasteiger partial charge in [-0.3, -0.25) is 4.79 Å². The molecule has 1 heterocycles. The van der Waals surface area contributed by atoms with E-state index in [2.05, 4.69) is 21.3 Å². The number of rotatable bonds is 4. The molecule has 120 valence electrons. The van der Waals surface area contributed by atoms with E-state index in [1.165, 1.54) is 0 Å². The summed E-state index contributed by atoms with van der Waals surface area (Å²) < 4.78 is 0. The zero-order valence-electron chi connectivity index (χ0n) is 13.1. The van der Waals surface area contributed by atoms with Crippen molar-refractivity contribution < 1.29 is 9.59 Å². The molecule has 1 aromatic carbocycles. The average molecular weight is 304 g/mol. The molecule has 1 fully saturated rings. The molecule has 2 rings (SSSR count). The number of carbonyl (C=O) groups excluding carboxylic acids is 2. The Morgan fingerprint density at radius 1 is 1.32 bits per heavy atom. The van der Waals surface area contributed by atoms with Crippen LogP contribution in [0.1, 0.15) is 37.0 Å². The van der Waals surface area contributed by atoms with Crippen LogP contribution in [0, 0.1) is 0 Å². The summed E-state index contributed by atoms with van der Waals surface area (Å²) in [6.07, 6.45) is 2.06. The molecule has 1 aromatic rings. The molecule has 1 aliphatic rings. The predicted molar refractivity (Wildman–Crippen MR) is 87.1 cm³/mol. The Bertz CT molecular complexity index is 525. The van der Waals surface area contributed by atoms with Crippen molar-refractivity contribution in [2.45, 2.75) is 38.8 Å². The second-order valence-corrected chi connectivity index (χ2v) is 5.85. The first kappa shape index (κ1) is 16.3. The van der Waals surface area contributed by atoms with Crippen molar-refractivity contribution in [3.8, 4) is 0 Å². The van der Waals surface area contributed by atoms with E-state index < -0.39 is 0 Å². The molecule has 6 nitrogen and oxygen atoms in total. The van der Waals surface area contributed by atoms with Crippen molar-refractivity contribution in [3.63, 3.8) is 0 Å². The average Bonchev–Trinajstić information content (AvgIpc) is 2.47. The Hall–Kier alpha value is -2.08. The summed E-state index contributed by atoms with van der Waals surface area (Å²) in [5, 5.41) is 11.8. The van der Waals surface area contributed by atoms with Crippen LogP contribution in [0.3, 0.4) is 0 Å². The summed E-state index contributed by atoms with van der Waals surface area (Å²) >= 11 is 0. The van der Waals surface area contributed by atoms with Crippen LogP contribution in [-0.2, 0) is 0 Å². The van der Waals surface area contributed by atoms with Gasteiger partial charge in [0.05, 0.1) is 0 Å². The number of carbonyl (C=O) groups is 2. The normalized spacial score (nSPS) is 17.9. The minimum absolute atomic E-state index is 0.0604. The monoisotopic (exact) mass is 304 g/mol. The van der Waals surface area contributed by atoms with Crippen LogP contribution in [0.4, 0.5) is 10.5 Å². The number of hydrogen-bond donors (Lipinski definition) is 4. The minimum Gasteiger partial charge on any atom is -0.348 e. The van der Waals surface area contributed by atoms with E-state index >= 15 is 0 Å². The van der Waals surface area contributed by atoms with Crippen LogP contribution >= 0.6 is 0 Å². The van der Waals surface area contributed by atoms with E-state index in [1.807, 2.05) is 13.8 Å². The number of amides is 3. The SMILES string of the molecule is CC(C)NC(=O)Nc1cccc(C(=O)NC2CCCNC2)c1. The molecule has 0 radical (unpaired) electrons. The lowest BCUT2D eigenvalue weighted by atomic mass is 10.1. The molecule has 3 amide bonds. The van der Waals surface area contributed by atoms with Crippen LogP contribution < -0.4 is 21.3 Å². The van der Waals surface area contributed by atoms with Gasteiger partial charge in [-0.15, -0.1) is 0 Å². The molecular formula is C16H24N4O2. The summed E-state index contributed by atoms with van der Waals surface area (Å²) in [7, 11) is 0. The van der Waals surface area contributed by atoms with Gasteiger partial charge >= 0.3 is 6.03 Å². The Morgan fingerprint density at radius 2 is 2.14 bits per heavy atom. The van der Waals surface area contributed by atoms with Gasteiger partial charge in [-0.2, -0.15) is 0 Å². The summed E-state index contributed by atoms with van der Waals surface area (Å²) in [5.74, 6) is -0.110. The van der Waals surface area contributed by atoms with Gasteiger partial charge in [-0.05, 0) is 51.4 Å². The summed E-state index contributed by atoms with van der Waals surface area (Å²) in [4.78, 5) is 24.0. The van der Waals surface area contributed by atoms with Crippen LogP contribution in [-0.4, -0.2) is 37.1 Å². The van der Waals surface area contributed by atoms with Crippen LogP contribution in [0.15, 0.2) is 24.3 Å².